The van der Waals surface area contributed by atoms with Crippen molar-refractivity contribution < 1.29 is 23.5 Å². The van der Waals surface area contributed by atoms with E-state index >= 15 is 0 Å². The summed E-state index contributed by atoms with van der Waals surface area (Å²) in [5.74, 6) is -0.909. The zero-order chi connectivity index (χ0) is 18.2. The number of amides is 1. The van der Waals surface area contributed by atoms with E-state index < -0.39 is 18.5 Å². The average molecular weight is 366 g/mol. The Morgan fingerprint density at radius 2 is 1.88 bits per heavy atom. The van der Waals surface area contributed by atoms with Crippen molar-refractivity contribution in [2.45, 2.75) is 12.8 Å². The number of carbonyl (C=O) groups is 2. The topological polar surface area (TPSA) is 64.6 Å². The molecule has 7 heteroatoms. The number of esters is 1. The second-order valence-corrected chi connectivity index (χ2v) is 5.62. The first-order valence-corrected chi connectivity index (χ1v) is 7.89. The van der Waals surface area contributed by atoms with E-state index in [4.69, 9.17) is 21.1 Å². The summed E-state index contributed by atoms with van der Waals surface area (Å²) in [6.07, 6.45) is 0.502. The number of anilines is 1. The van der Waals surface area contributed by atoms with Crippen molar-refractivity contribution in [1.29, 1.82) is 0 Å². The van der Waals surface area contributed by atoms with Crippen LogP contribution in [0.3, 0.4) is 0 Å². The number of methoxy groups -OCH3 is 1. The monoisotopic (exact) mass is 365 g/mol. The first-order chi connectivity index (χ1) is 12.0. The van der Waals surface area contributed by atoms with Crippen LogP contribution in [0.25, 0.3) is 0 Å². The molecule has 0 aliphatic carbocycles. The number of ether oxygens (including phenoxy) is 2. The minimum atomic E-state index is -0.516. The van der Waals surface area contributed by atoms with Crippen LogP contribution in [0.2, 0.25) is 5.02 Å². The van der Waals surface area contributed by atoms with Crippen LogP contribution < -0.4 is 10.1 Å². The molecule has 0 heterocycles. The molecular weight excluding hydrogens is 349 g/mol. The van der Waals surface area contributed by atoms with Gasteiger partial charge in [-0.25, -0.2) is 4.39 Å². The molecule has 0 aromatic heterocycles. The van der Waals surface area contributed by atoms with Crippen molar-refractivity contribution in [3.63, 3.8) is 0 Å². The lowest BCUT2D eigenvalue weighted by Crippen LogP contribution is -2.21. The third kappa shape index (κ3) is 6.08. The zero-order valence-electron chi connectivity index (χ0n) is 13.6. The van der Waals surface area contributed by atoms with Gasteiger partial charge in [0.15, 0.2) is 6.61 Å². The molecule has 0 bridgehead atoms. The Morgan fingerprint density at radius 1 is 1.16 bits per heavy atom. The van der Waals surface area contributed by atoms with Crippen molar-refractivity contribution in [1.82, 2.24) is 0 Å². The maximum Gasteiger partial charge on any atom is 0.306 e. The van der Waals surface area contributed by atoms with E-state index in [1.54, 1.807) is 24.3 Å². The molecule has 0 aliphatic rings. The molecule has 0 saturated heterocycles. The number of halogens is 2. The minimum Gasteiger partial charge on any atom is -0.495 e. The van der Waals surface area contributed by atoms with Crippen molar-refractivity contribution in [3.05, 3.63) is 58.9 Å². The molecule has 2 rings (SSSR count). The molecule has 0 unspecified atom stereocenters. The highest BCUT2D eigenvalue weighted by Crippen LogP contribution is 2.27. The summed E-state index contributed by atoms with van der Waals surface area (Å²) in [7, 11) is 1.47. The second-order valence-electron chi connectivity index (χ2n) is 5.18. The lowest BCUT2D eigenvalue weighted by atomic mass is 10.1. The molecule has 0 radical (unpaired) electrons. The fraction of sp³-hybridized carbons (Fsp3) is 0.222. The molecule has 2 aromatic rings. The third-order valence-corrected chi connectivity index (χ3v) is 3.57. The van der Waals surface area contributed by atoms with Gasteiger partial charge >= 0.3 is 5.97 Å². The number of nitrogens with one attached hydrogen (secondary N) is 1. The van der Waals surface area contributed by atoms with Gasteiger partial charge in [-0.05, 0) is 42.3 Å². The highest BCUT2D eigenvalue weighted by molar-refractivity contribution is 6.31. The Hall–Kier alpha value is -2.60. The van der Waals surface area contributed by atoms with Crippen LogP contribution in [0.15, 0.2) is 42.5 Å². The number of carbonyl (C=O) groups excluding carboxylic acids is 2. The van der Waals surface area contributed by atoms with Gasteiger partial charge in [-0.1, -0.05) is 23.7 Å². The van der Waals surface area contributed by atoms with Gasteiger partial charge in [-0.3, -0.25) is 9.59 Å². The van der Waals surface area contributed by atoms with Crippen LogP contribution in [0.5, 0.6) is 5.75 Å². The lowest BCUT2D eigenvalue weighted by Gasteiger charge is -2.11. The van der Waals surface area contributed by atoms with E-state index in [9.17, 15) is 14.0 Å². The van der Waals surface area contributed by atoms with Gasteiger partial charge in [0.05, 0.1) is 12.8 Å². The zero-order valence-corrected chi connectivity index (χ0v) is 14.3. The summed E-state index contributed by atoms with van der Waals surface area (Å²) in [4.78, 5) is 23.6. The van der Waals surface area contributed by atoms with Crippen LogP contribution in [-0.4, -0.2) is 25.6 Å². The predicted molar refractivity (Wildman–Crippen MR) is 92.3 cm³/mol. The SMILES string of the molecule is COc1ccc(Cl)cc1NC(=O)COC(=O)CCc1ccc(F)cc1. The molecule has 0 fully saturated rings. The van der Waals surface area contributed by atoms with Crippen molar-refractivity contribution in [2.24, 2.45) is 0 Å². The van der Waals surface area contributed by atoms with Gasteiger partial charge < -0.3 is 14.8 Å². The Kier molecular flexibility index (Phi) is 6.77. The lowest BCUT2D eigenvalue weighted by molar-refractivity contribution is -0.147. The van der Waals surface area contributed by atoms with Crippen LogP contribution >= 0.6 is 11.6 Å². The molecule has 132 valence electrons. The number of rotatable bonds is 7. The Labute approximate surface area is 149 Å². The van der Waals surface area contributed by atoms with E-state index in [2.05, 4.69) is 5.32 Å². The smallest absolute Gasteiger partial charge is 0.306 e. The molecule has 0 atom stereocenters. The van der Waals surface area contributed by atoms with Crippen molar-refractivity contribution in [3.8, 4) is 5.75 Å². The van der Waals surface area contributed by atoms with Crippen molar-refractivity contribution in [2.75, 3.05) is 19.0 Å². The van der Waals surface area contributed by atoms with Gasteiger partial charge in [-0.15, -0.1) is 0 Å². The number of hydrogen-bond acceptors (Lipinski definition) is 4. The van der Waals surface area contributed by atoms with Gasteiger partial charge in [-0.2, -0.15) is 0 Å². The van der Waals surface area contributed by atoms with E-state index in [0.29, 0.717) is 22.9 Å². The fourth-order valence-corrected chi connectivity index (χ4v) is 2.25. The van der Waals surface area contributed by atoms with Crippen LogP contribution in [0.4, 0.5) is 10.1 Å². The maximum atomic E-state index is 12.8. The van der Waals surface area contributed by atoms with Gasteiger partial charge in [0.2, 0.25) is 0 Å². The molecule has 0 saturated carbocycles. The van der Waals surface area contributed by atoms with E-state index in [-0.39, 0.29) is 12.2 Å². The molecule has 1 N–H and O–H groups in total. The Morgan fingerprint density at radius 3 is 2.56 bits per heavy atom. The average Bonchev–Trinajstić information content (AvgIpc) is 2.59. The first-order valence-electron chi connectivity index (χ1n) is 7.51. The Balaban J connectivity index is 1.78. The first kappa shape index (κ1) is 18.7. The number of benzene rings is 2. The van der Waals surface area contributed by atoms with Crippen LogP contribution in [0.1, 0.15) is 12.0 Å². The Bertz CT molecular complexity index is 749. The van der Waals surface area contributed by atoms with E-state index in [1.165, 1.54) is 25.3 Å². The van der Waals surface area contributed by atoms with E-state index in [0.717, 1.165) is 5.56 Å². The highest BCUT2D eigenvalue weighted by atomic mass is 35.5. The van der Waals surface area contributed by atoms with Gasteiger partial charge in [0.25, 0.3) is 5.91 Å². The summed E-state index contributed by atoms with van der Waals surface area (Å²) in [6.45, 7) is -0.419. The molecule has 1 amide bonds. The summed E-state index contributed by atoms with van der Waals surface area (Å²) >= 11 is 5.88. The van der Waals surface area contributed by atoms with E-state index in [1.807, 2.05) is 0 Å². The second kappa shape index (κ2) is 9.03. The normalized spacial score (nSPS) is 10.2. The van der Waals surface area contributed by atoms with Crippen molar-refractivity contribution >= 4 is 29.2 Å². The summed E-state index contributed by atoms with van der Waals surface area (Å²) < 4.78 is 22.8. The number of aryl methyl sites for hydroxylation is 1. The minimum absolute atomic E-state index is 0.0966. The third-order valence-electron chi connectivity index (χ3n) is 3.33. The van der Waals surface area contributed by atoms with Gasteiger partial charge in [0.1, 0.15) is 11.6 Å². The van der Waals surface area contributed by atoms with Gasteiger partial charge in [0, 0.05) is 11.4 Å². The largest absolute Gasteiger partial charge is 0.495 e. The molecule has 5 nitrogen and oxygen atoms in total. The quantitative estimate of drug-likeness (QED) is 0.761. The summed E-state index contributed by atoms with van der Waals surface area (Å²) in [5, 5.41) is 3.01. The van der Waals surface area contributed by atoms with Crippen LogP contribution in [-0.2, 0) is 20.7 Å². The fourth-order valence-electron chi connectivity index (χ4n) is 2.08. The predicted octanol–water partition coefficient (Wildman–Crippen LogP) is 3.60. The molecule has 25 heavy (non-hydrogen) atoms. The molecule has 0 spiro atoms. The standard InChI is InChI=1S/C18H17ClFNO4/c1-24-16-8-5-13(19)10-15(16)21-17(22)11-25-18(23)9-4-12-2-6-14(20)7-3-12/h2-3,5-8,10H,4,9,11H2,1H3,(H,21,22). The summed E-state index contributed by atoms with van der Waals surface area (Å²) in [5.41, 5.74) is 1.20. The molecular formula is C18H17ClFNO4. The highest BCUT2D eigenvalue weighted by Gasteiger charge is 2.11. The maximum absolute atomic E-state index is 12.8. The number of hydrogen-bond donors (Lipinski definition) is 1. The molecule has 0 aliphatic heterocycles. The molecule has 2 aromatic carbocycles. The summed E-state index contributed by atoms with van der Waals surface area (Å²) in [6, 6.07) is 10.6. The van der Waals surface area contributed by atoms with Crippen LogP contribution in [0, 0.1) is 5.82 Å².